The van der Waals surface area contributed by atoms with E-state index >= 15 is 0 Å². The number of hydrogen-bond donors (Lipinski definition) is 1. The van der Waals surface area contributed by atoms with Gasteiger partial charge in [-0.2, -0.15) is 11.8 Å². The summed E-state index contributed by atoms with van der Waals surface area (Å²) < 4.78 is 7.03. The zero-order valence-electron chi connectivity index (χ0n) is 22.3. The molecule has 204 valence electrons. The number of thioether (sulfide) groups is 1. The van der Waals surface area contributed by atoms with Gasteiger partial charge in [-0.1, -0.05) is 43.7 Å². The van der Waals surface area contributed by atoms with Crippen molar-refractivity contribution in [1.29, 1.82) is 0 Å². The Morgan fingerprint density at radius 3 is 2.52 bits per heavy atom. The number of H-pyrrole nitrogens is 1. The Morgan fingerprint density at radius 1 is 1.00 bits per heavy atom. The van der Waals surface area contributed by atoms with Gasteiger partial charge in [-0.3, -0.25) is 9.78 Å². The van der Waals surface area contributed by atoms with Gasteiger partial charge in [0.25, 0.3) is 5.56 Å². The number of hydrogen-bond acceptors (Lipinski definition) is 10. The first-order chi connectivity index (χ1) is 19.7. The van der Waals surface area contributed by atoms with Crippen molar-refractivity contribution in [2.24, 2.45) is 0 Å². The summed E-state index contributed by atoms with van der Waals surface area (Å²) in [6.45, 7) is 2.68. The van der Waals surface area contributed by atoms with Gasteiger partial charge in [-0.15, -0.1) is 5.10 Å². The molecule has 0 fully saturated rings. The highest BCUT2D eigenvalue weighted by atomic mass is 32.2. The summed E-state index contributed by atoms with van der Waals surface area (Å²) >= 11 is 1.70. The maximum Gasteiger partial charge on any atom is 0.264 e. The van der Waals surface area contributed by atoms with Gasteiger partial charge in [0.2, 0.25) is 5.95 Å². The Morgan fingerprint density at radius 2 is 1.82 bits per heavy atom. The minimum Gasteiger partial charge on any atom is -0.489 e. The van der Waals surface area contributed by atoms with E-state index in [9.17, 15) is 4.79 Å². The van der Waals surface area contributed by atoms with Crippen molar-refractivity contribution in [3.8, 4) is 34.3 Å². The summed E-state index contributed by atoms with van der Waals surface area (Å²) in [5.41, 5.74) is 4.64. The maximum absolute atomic E-state index is 13.7. The standard InChI is InChI=1S/C28H29N9O2S/c1-3-4-9-24-23(27(38)37(18-32-24)28-30-16-20(17-31-28)39-12-13-40-2)14-19-10-11-25(29-15-19)21-7-5-6-8-22(21)26-33-35-36-34-26/h5-8,10-11,15-18H,3-4,9,12-14H2,1-2H3,(H,33,34,35,36). The molecule has 5 rings (SSSR count). The first-order valence-corrected chi connectivity index (χ1v) is 14.4. The Balaban J connectivity index is 1.42. The highest BCUT2D eigenvalue weighted by molar-refractivity contribution is 7.98. The van der Waals surface area contributed by atoms with E-state index in [1.54, 1.807) is 30.4 Å². The Hall–Kier alpha value is -4.45. The van der Waals surface area contributed by atoms with Gasteiger partial charge in [0.05, 0.1) is 30.4 Å². The molecule has 0 atom stereocenters. The topological polar surface area (TPSA) is 137 Å². The number of unbranched alkanes of at least 4 members (excludes halogenated alkanes) is 1. The minimum absolute atomic E-state index is 0.190. The third kappa shape index (κ3) is 6.23. The number of rotatable bonds is 12. The SMILES string of the molecule is CCCCc1ncn(-c2ncc(OCCSC)cn2)c(=O)c1Cc1ccc(-c2ccccc2-c2nnn[nH]2)nc1. The lowest BCUT2D eigenvalue weighted by molar-refractivity contribution is 0.341. The lowest BCUT2D eigenvalue weighted by Gasteiger charge is -2.12. The Bertz CT molecular complexity index is 1590. The van der Waals surface area contributed by atoms with Crippen LogP contribution in [0.5, 0.6) is 5.75 Å². The molecule has 0 saturated carbocycles. The van der Waals surface area contributed by atoms with Crippen LogP contribution in [0.25, 0.3) is 28.6 Å². The molecule has 4 heterocycles. The smallest absolute Gasteiger partial charge is 0.264 e. The fourth-order valence-electron chi connectivity index (χ4n) is 4.24. The number of benzene rings is 1. The molecular formula is C28H29N9O2S. The lowest BCUT2D eigenvalue weighted by atomic mass is 10.0. The van der Waals surface area contributed by atoms with E-state index in [4.69, 9.17) is 9.72 Å². The molecule has 0 saturated heterocycles. The van der Waals surface area contributed by atoms with Crippen LogP contribution in [0, 0.1) is 0 Å². The Kier molecular flexibility index (Phi) is 8.86. The van der Waals surface area contributed by atoms with E-state index in [2.05, 4.69) is 42.5 Å². The van der Waals surface area contributed by atoms with E-state index in [-0.39, 0.29) is 11.5 Å². The van der Waals surface area contributed by atoms with Crippen molar-refractivity contribution in [3.63, 3.8) is 0 Å². The number of pyridine rings is 1. The fourth-order valence-corrected chi connectivity index (χ4v) is 4.49. The third-order valence-corrected chi connectivity index (χ3v) is 6.89. The van der Waals surface area contributed by atoms with Gasteiger partial charge < -0.3 is 4.74 Å². The van der Waals surface area contributed by atoms with Gasteiger partial charge in [0.1, 0.15) is 6.33 Å². The number of ether oxygens (including phenoxy) is 1. The summed E-state index contributed by atoms with van der Waals surface area (Å²) in [4.78, 5) is 31.7. The molecule has 12 heteroatoms. The van der Waals surface area contributed by atoms with Crippen molar-refractivity contribution < 1.29 is 4.74 Å². The van der Waals surface area contributed by atoms with Crippen LogP contribution in [0.1, 0.15) is 36.6 Å². The van der Waals surface area contributed by atoms with Crippen molar-refractivity contribution in [1.82, 2.24) is 45.1 Å². The quantitative estimate of drug-likeness (QED) is 0.225. The predicted molar refractivity (Wildman–Crippen MR) is 154 cm³/mol. The van der Waals surface area contributed by atoms with Crippen LogP contribution >= 0.6 is 11.8 Å². The van der Waals surface area contributed by atoms with Gasteiger partial charge in [0.15, 0.2) is 11.6 Å². The monoisotopic (exact) mass is 555 g/mol. The zero-order chi connectivity index (χ0) is 27.7. The molecule has 1 aromatic carbocycles. The first kappa shape index (κ1) is 27.1. The highest BCUT2D eigenvalue weighted by Gasteiger charge is 2.16. The van der Waals surface area contributed by atoms with Gasteiger partial charge in [-0.25, -0.2) is 24.6 Å². The van der Waals surface area contributed by atoms with Crippen LogP contribution in [0.2, 0.25) is 0 Å². The van der Waals surface area contributed by atoms with E-state index < -0.39 is 0 Å². The largest absolute Gasteiger partial charge is 0.489 e. The van der Waals surface area contributed by atoms with Gasteiger partial charge in [-0.05, 0) is 41.2 Å². The zero-order valence-corrected chi connectivity index (χ0v) is 23.1. The summed E-state index contributed by atoms with van der Waals surface area (Å²) in [6, 6.07) is 11.7. The predicted octanol–water partition coefficient (Wildman–Crippen LogP) is 3.94. The third-order valence-electron chi connectivity index (χ3n) is 6.32. The second-order valence-electron chi connectivity index (χ2n) is 9.03. The van der Waals surface area contributed by atoms with E-state index in [0.717, 1.165) is 53.1 Å². The van der Waals surface area contributed by atoms with Crippen LogP contribution in [0.3, 0.4) is 0 Å². The van der Waals surface area contributed by atoms with E-state index in [0.29, 0.717) is 30.2 Å². The van der Waals surface area contributed by atoms with Crippen molar-refractivity contribution in [2.45, 2.75) is 32.6 Å². The lowest BCUT2D eigenvalue weighted by Crippen LogP contribution is -2.27. The molecular weight excluding hydrogens is 526 g/mol. The molecule has 4 aromatic heterocycles. The van der Waals surface area contributed by atoms with Crippen molar-refractivity contribution in [2.75, 3.05) is 18.6 Å². The second kappa shape index (κ2) is 13.1. The molecule has 0 amide bonds. The van der Waals surface area contributed by atoms with Crippen LogP contribution < -0.4 is 10.3 Å². The number of aryl methyl sites for hydroxylation is 1. The normalized spacial score (nSPS) is 11.1. The number of tetrazole rings is 1. The summed E-state index contributed by atoms with van der Waals surface area (Å²) in [6.07, 6.45) is 11.5. The molecule has 0 aliphatic rings. The Labute approximate surface area is 235 Å². The van der Waals surface area contributed by atoms with Crippen molar-refractivity contribution in [3.05, 3.63) is 88.5 Å². The fraction of sp³-hybridized carbons (Fsp3) is 0.286. The van der Waals surface area contributed by atoms with Gasteiger partial charge in [0, 0.05) is 35.1 Å². The van der Waals surface area contributed by atoms with Crippen LogP contribution in [0.15, 0.2) is 66.1 Å². The maximum atomic E-state index is 13.7. The molecule has 0 bridgehead atoms. The average Bonchev–Trinajstić information content (AvgIpc) is 3.54. The number of aromatic amines is 1. The van der Waals surface area contributed by atoms with Crippen LogP contribution in [-0.4, -0.2) is 63.7 Å². The molecule has 0 spiro atoms. The molecule has 40 heavy (non-hydrogen) atoms. The average molecular weight is 556 g/mol. The molecule has 11 nitrogen and oxygen atoms in total. The molecule has 0 aliphatic heterocycles. The number of aromatic nitrogens is 9. The highest BCUT2D eigenvalue weighted by Crippen LogP contribution is 2.28. The van der Waals surface area contributed by atoms with Crippen LogP contribution in [0.4, 0.5) is 0 Å². The molecule has 5 aromatic rings. The van der Waals surface area contributed by atoms with E-state index in [1.807, 2.05) is 42.7 Å². The minimum atomic E-state index is -0.190. The second-order valence-corrected chi connectivity index (χ2v) is 10.0. The summed E-state index contributed by atoms with van der Waals surface area (Å²) in [5.74, 6) is 2.25. The molecule has 0 aliphatic carbocycles. The summed E-state index contributed by atoms with van der Waals surface area (Å²) in [7, 11) is 0. The molecule has 1 N–H and O–H groups in total. The van der Waals surface area contributed by atoms with Crippen molar-refractivity contribution >= 4 is 11.8 Å². The molecule has 0 unspecified atom stereocenters. The first-order valence-electron chi connectivity index (χ1n) is 13.0. The number of nitrogens with zero attached hydrogens (tertiary/aromatic N) is 8. The number of nitrogens with one attached hydrogen (secondary N) is 1. The van der Waals surface area contributed by atoms with Gasteiger partial charge >= 0.3 is 0 Å². The summed E-state index contributed by atoms with van der Waals surface area (Å²) in [5, 5.41) is 14.2. The molecule has 0 radical (unpaired) electrons. The van der Waals surface area contributed by atoms with E-state index in [1.165, 1.54) is 10.9 Å². The van der Waals surface area contributed by atoms with Crippen LogP contribution in [-0.2, 0) is 12.8 Å².